The van der Waals surface area contributed by atoms with Crippen LogP contribution in [-0.2, 0) is 47.6 Å². The first-order valence-electron chi connectivity index (χ1n) is 22.1. The highest BCUT2D eigenvalue weighted by molar-refractivity contribution is 7.99. The lowest BCUT2D eigenvalue weighted by atomic mass is 10.0. The predicted octanol–water partition coefficient (Wildman–Crippen LogP) is 7.62. The third kappa shape index (κ3) is 16.4. The number of halogens is 1. The Balaban J connectivity index is 0.000000234. The molecule has 1 aliphatic rings. The van der Waals surface area contributed by atoms with Crippen LogP contribution in [0.3, 0.4) is 0 Å². The molecule has 1 atom stereocenters. The van der Waals surface area contributed by atoms with E-state index in [2.05, 4.69) is 69.0 Å². The van der Waals surface area contributed by atoms with Crippen LogP contribution in [0.5, 0.6) is 23.5 Å². The fourth-order valence-electron chi connectivity index (χ4n) is 6.74. The number of fused-ring (bicyclic) bond motifs is 1. The summed E-state index contributed by atoms with van der Waals surface area (Å²) in [4.78, 5) is 66.8. The van der Waals surface area contributed by atoms with E-state index in [-0.39, 0.29) is 52.7 Å². The Hall–Kier alpha value is -6.75. The van der Waals surface area contributed by atoms with Gasteiger partial charge in [0.05, 0.1) is 76.9 Å². The van der Waals surface area contributed by atoms with Gasteiger partial charge >= 0.3 is 18.0 Å². The fourth-order valence-corrected chi connectivity index (χ4v) is 8.87. The molecule has 382 valence electrons. The molecule has 2 aromatic heterocycles. The summed E-state index contributed by atoms with van der Waals surface area (Å²) in [5.74, 6) is -0.897. The van der Waals surface area contributed by atoms with Gasteiger partial charge in [0.2, 0.25) is 45.4 Å². The van der Waals surface area contributed by atoms with E-state index >= 15 is 0 Å². The third-order valence-corrected chi connectivity index (χ3v) is 12.4. The molecule has 0 spiro atoms. The van der Waals surface area contributed by atoms with Gasteiger partial charge in [0, 0.05) is 23.6 Å². The largest absolute Gasteiger partial charge is 0.481 e. The van der Waals surface area contributed by atoms with Crippen LogP contribution in [0, 0.1) is 0 Å². The van der Waals surface area contributed by atoms with Crippen molar-refractivity contribution in [3.8, 4) is 23.5 Å². The van der Waals surface area contributed by atoms with Crippen molar-refractivity contribution in [2.45, 2.75) is 68.9 Å². The van der Waals surface area contributed by atoms with Crippen molar-refractivity contribution < 1.29 is 60.8 Å². The maximum absolute atomic E-state index is 12.3. The molecule has 0 radical (unpaired) electrons. The Labute approximate surface area is 422 Å². The van der Waals surface area contributed by atoms with E-state index < -0.39 is 27.8 Å². The molecule has 3 heterocycles. The minimum Gasteiger partial charge on any atom is -0.481 e. The van der Waals surface area contributed by atoms with E-state index in [9.17, 15) is 27.6 Å². The SMILES string of the molecule is CCCOCCN(C(=O)CCl)c1c(CC)cccc1CC.COC(=O)c1ccccc1CS(=O)(=O)NC(=O)Nc1nc(OC)cc(OC)n1.COc1cc(OC)nc(Sc2cccc3c2C(=O)OC3C)n1. The second-order valence-corrected chi connectivity index (χ2v) is 17.8. The molecule has 2 N–H and O–H groups in total. The summed E-state index contributed by atoms with van der Waals surface area (Å²) in [6, 6.07) is 19.7. The first kappa shape index (κ1) is 56.8. The van der Waals surface area contributed by atoms with Gasteiger partial charge in [-0.2, -0.15) is 19.9 Å². The van der Waals surface area contributed by atoms with Crippen molar-refractivity contribution in [2.75, 3.05) is 71.4 Å². The number of para-hydroxylation sites is 1. The van der Waals surface area contributed by atoms with Crippen LogP contribution in [0.1, 0.15) is 83.2 Å². The van der Waals surface area contributed by atoms with Gasteiger partial charge in [-0.15, -0.1) is 11.6 Å². The maximum atomic E-state index is 12.3. The van der Waals surface area contributed by atoms with Crippen molar-refractivity contribution in [1.82, 2.24) is 24.7 Å². The molecular formula is C48H58ClN7O13S2. The Bertz CT molecular complexity index is 2670. The first-order valence-corrected chi connectivity index (χ1v) is 25.1. The summed E-state index contributed by atoms with van der Waals surface area (Å²) < 4.78 is 62.0. The number of ether oxygens (including phenoxy) is 7. The lowest BCUT2D eigenvalue weighted by molar-refractivity contribution is -0.116. The Morgan fingerprint density at radius 1 is 0.775 bits per heavy atom. The summed E-state index contributed by atoms with van der Waals surface area (Å²) in [5.41, 5.74) is 5.10. The number of benzene rings is 3. The number of urea groups is 1. The number of nitrogens with zero attached hydrogens (tertiary/aromatic N) is 5. The monoisotopic (exact) mass is 1040 g/mol. The van der Waals surface area contributed by atoms with E-state index in [0.29, 0.717) is 35.6 Å². The minimum absolute atomic E-state index is 0.00498. The van der Waals surface area contributed by atoms with Crippen molar-refractivity contribution >= 4 is 68.9 Å². The summed E-state index contributed by atoms with van der Waals surface area (Å²) in [6.45, 7) is 9.95. The second-order valence-electron chi connectivity index (χ2n) is 14.8. The van der Waals surface area contributed by atoms with Gasteiger partial charge in [-0.05, 0) is 66.8 Å². The number of sulfonamides is 1. The summed E-state index contributed by atoms with van der Waals surface area (Å²) in [5, 5.41) is 2.62. The molecule has 20 nitrogen and oxygen atoms in total. The van der Waals surface area contributed by atoms with Gasteiger partial charge in [-0.3, -0.25) is 10.1 Å². The molecule has 5 aromatic rings. The highest BCUT2D eigenvalue weighted by atomic mass is 35.5. The summed E-state index contributed by atoms with van der Waals surface area (Å²) >= 11 is 7.07. The number of anilines is 2. The zero-order valence-electron chi connectivity index (χ0n) is 40.9. The molecule has 1 aliphatic heterocycles. The van der Waals surface area contributed by atoms with E-state index in [1.54, 1.807) is 23.1 Å². The Morgan fingerprint density at radius 2 is 1.34 bits per heavy atom. The molecule has 0 bridgehead atoms. The van der Waals surface area contributed by atoms with Gasteiger partial charge in [0.25, 0.3) is 0 Å². The lowest BCUT2D eigenvalue weighted by Gasteiger charge is -2.27. The molecule has 6 rings (SSSR count). The number of nitrogens with one attached hydrogen (secondary N) is 2. The van der Waals surface area contributed by atoms with Gasteiger partial charge in [-0.25, -0.2) is 27.5 Å². The lowest BCUT2D eigenvalue weighted by Crippen LogP contribution is -2.36. The van der Waals surface area contributed by atoms with Crippen LogP contribution in [0.25, 0.3) is 0 Å². The number of carbonyl (C=O) groups excluding carboxylic acids is 4. The number of rotatable bonds is 20. The molecule has 0 saturated heterocycles. The minimum atomic E-state index is -4.14. The number of aromatic nitrogens is 4. The number of cyclic esters (lactones) is 1. The molecule has 3 amide bonds. The number of carbonyl (C=O) groups is 4. The molecule has 0 saturated carbocycles. The van der Waals surface area contributed by atoms with Crippen LogP contribution in [0.2, 0.25) is 0 Å². The van der Waals surface area contributed by atoms with Crippen LogP contribution in [-0.4, -0.2) is 113 Å². The van der Waals surface area contributed by atoms with Crippen LogP contribution >= 0.6 is 23.4 Å². The highest BCUT2D eigenvalue weighted by Gasteiger charge is 2.31. The number of alkyl halides is 1. The van der Waals surface area contributed by atoms with Crippen molar-refractivity contribution in [3.05, 3.63) is 106 Å². The van der Waals surface area contributed by atoms with Gasteiger partial charge in [0.15, 0.2) is 5.16 Å². The van der Waals surface area contributed by atoms with Gasteiger partial charge in [-0.1, -0.05) is 69.3 Å². The first-order chi connectivity index (χ1) is 34.1. The van der Waals surface area contributed by atoms with Crippen molar-refractivity contribution in [1.29, 1.82) is 0 Å². The summed E-state index contributed by atoms with van der Waals surface area (Å²) in [6.07, 6.45) is 2.54. The number of methoxy groups -OCH3 is 5. The average Bonchev–Trinajstić information content (AvgIpc) is 3.67. The Morgan fingerprint density at radius 3 is 1.89 bits per heavy atom. The zero-order chi connectivity index (χ0) is 52.1. The van der Waals surface area contributed by atoms with Crippen molar-refractivity contribution in [3.63, 3.8) is 0 Å². The van der Waals surface area contributed by atoms with Crippen LogP contribution in [0.15, 0.2) is 82.8 Å². The molecule has 3 aromatic carbocycles. The number of esters is 2. The Kier molecular flexibility index (Phi) is 22.6. The quantitative estimate of drug-likeness (QED) is 0.0329. The second kappa shape index (κ2) is 28.2. The van der Waals surface area contributed by atoms with E-state index in [4.69, 9.17) is 40.0 Å². The molecule has 1 unspecified atom stereocenters. The normalized spacial score (nSPS) is 12.4. The average molecular weight is 1040 g/mol. The van der Waals surface area contributed by atoms with E-state index in [1.165, 1.54) is 76.6 Å². The molecule has 0 fully saturated rings. The third-order valence-electron chi connectivity index (χ3n) is 10.1. The predicted molar refractivity (Wildman–Crippen MR) is 267 cm³/mol. The van der Waals surface area contributed by atoms with Crippen LogP contribution < -0.4 is 33.9 Å². The summed E-state index contributed by atoms with van der Waals surface area (Å²) in [7, 11) is 2.80. The van der Waals surface area contributed by atoms with Crippen molar-refractivity contribution in [2.24, 2.45) is 0 Å². The van der Waals surface area contributed by atoms with Gasteiger partial charge in [0.1, 0.15) is 12.0 Å². The number of hydrogen-bond donors (Lipinski definition) is 2. The number of aryl methyl sites for hydroxylation is 2. The van der Waals surface area contributed by atoms with E-state index in [0.717, 1.165) is 42.0 Å². The number of hydrogen-bond acceptors (Lipinski definition) is 18. The zero-order valence-corrected chi connectivity index (χ0v) is 43.3. The molecule has 71 heavy (non-hydrogen) atoms. The maximum Gasteiger partial charge on any atom is 0.340 e. The molecule has 0 aliphatic carbocycles. The van der Waals surface area contributed by atoms with E-state index in [1.807, 2.05) is 29.8 Å². The highest BCUT2D eigenvalue weighted by Crippen LogP contribution is 2.39. The molecule has 23 heteroatoms. The number of amides is 3. The molecular weight excluding hydrogens is 982 g/mol. The fraction of sp³-hybridized carbons (Fsp3) is 0.375. The topological polar surface area (TPSA) is 246 Å². The smallest absolute Gasteiger partial charge is 0.340 e. The van der Waals surface area contributed by atoms with Gasteiger partial charge < -0.3 is 38.1 Å². The standard InChI is InChI=1S/C17H26ClNO2.C16H18N4O7S.C15H14N2O4S/c1-4-11-21-12-10-19(16(20)13-18)17-14(5-2)8-7-9-15(17)6-3;1-25-12-8-13(26-2)18-15(17-12)19-16(22)20-28(23,24)9-10-6-4-5-7-11(10)14(21)27-3;1-8-9-5-4-6-10(13(9)14(18)21-8)22-15-16-11(19-2)7-12(17-15)20-3/h7-9H,4-6,10-13H2,1-3H3;4-8H,9H2,1-3H3,(H2,17,18,19,20,22);4-8H,1-3H3. The van der Waals surface area contributed by atoms with Crippen LogP contribution in [0.4, 0.5) is 16.4 Å².